The van der Waals surface area contributed by atoms with Crippen molar-refractivity contribution in [1.82, 2.24) is 20.5 Å². The number of nitrogens with one attached hydrogen (secondary N) is 2. The van der Waals surface area contributed by atoms with Crippen molar-refractivity contribution in [3.8, 4) is 22.8 Å². The molecule has 2 aromatic carbocycles. The van der Waals surface area contributed by atoms with E-state index in [4.69, 9.17) is 24.9 Å². The molecule has 1 saturated carbocycles. The van der Waals surface area contributed by atoms with Crippen molar-refractivity contribution in [1.29, 1.82) is 0 Å². The molecule has 0 radical (unpaired) electrons. The molecule has 5 rings (SSSR count). The Bertz CT molecular complexity index is 1570. The maximum Gasteiger partial charge on any atom is 0.332 e. The number of nitrogens with zero attached hydrogens (tertiary/aromatic N) is 2. The molecule has 2 heterocycles. The van der Waals surface area contributed by atoms with Crippen molar-refractivity contribution in [3.63, 3.8) is 0 Å². The Labute approximate surface area is 283 Å². The molecule has 2 aliphatic rings. The van der Waals surface area contributed by atoms with Crippen LogP contribution in [0, 0.1) is 5.92 Å². The molecular formula is C34H42IN5O6. The second-order valence-electron chi connectivity index (χ2n) is 12.3. The first-order valence-corrected chi connectivity index (χ1v) is 16.9. The van der Waals surface area contributed by atoms with Gasteiger partial charge in [0.2, 0.25) is 5.91 Å². The highest BCUT2D eigenvalue weighted by atomic mass is 127. The molecule has 4 N–H and O–H groups in total. The minimum absolute atomic E-state index is 0.104. The van der Waals surface area contributed by atoms with Gasteiger partial charge in [0, 0.05) is 46.0 Å². The Morgan fingerprint density at radius 1 is 1.15 bits per heavy atom. The number of carbonyl (C=O) groups is 3. The van der Waals surface area contributed by atoms with Crippen molar-refractivity contribution in [2.24, 2.45) is 11.7 Å². The molecule has 5 atom stereocenters. The summed E-state index contributed by atoms with van der Waals surface area (Å²) in [7, 11) is 1.60. The summed E-state index contributed by atoms with van der Waals surface area (Å²) < 4.78 is 17.3. The van der Waals surface area contributed by atoms with Gasteiger partial charge >= 0.3 is 12.0 Å². The van der Waals surface area contributed by atoms with Gasteiger partial charge in [-0.25, -0.2) is 14.6 Å². The molecule has 0 bridgehead atoms. The van der Waals surface area contributed by atoms with Gasteiger partial charge in [0.15, 0.2) is 5.54 Å². The van der Waals surface area contributed by atoms with E-state index in [9.17, 15) is 14.4 Å². The lowest BCUT2D eigenvalue weighted by Gasteiger charge is -2.28. The summed E-state index contributed by atoms with van der Waals surface area (Å²) in [6.07, 6.45) is 0.870. The van der Waals surface area contributed by atoms with Crippen LogP contribution in [0.2, 0.25) is 0 Å². The summed E-state index contributed by atoms with van der Waals surface area (Å²) in [6.45, 7) is 6.49. The monoisotopic (exact) mass is 743 g/mol. The first-order chi connectivity index (χ1) is 22.1. The smallest absolute Gasteiger partial charge is 0.332 e. The van der Waals surface area contributed by atoms with Gasteiger partial charge in [0.1, 0.15) is 23.6 Å². The predicted molar refractivity (Wildman–Crippen MR) is 184 cm³/mol. The molecule has 1 aromatic heterocycles. The standard InChI is InChI=1S/C34H42IN5O6/c1-5-45-32(42)34(17-30(34)35)39-31(41)28-15-24(19-40(28)33(43)37-22(18-36)13-20(2)3)46-29-16-26(21-9-7-6-8-10-21)38-27-14-23(44-4)11-12-25(27)29/h6-12,14,16,20,22,24,28,30H,5,13,15,17-19,36H2,1-4H3,(H,37,43)(H,39,41)/t22-,24+,28-,30+,34+/m0/s1. The van der Waals surface area contributed by atoms with Crippen LogP contribution in [-0.4, -0.2) is 82.2 Å². The highest BCUT2D eigenvalue weighted by molar-refractivity contribution is 14.1. The zero-order valence-electron chi connectivity index (χ0n) is 26.6. The number of hydrogen-bond acceptors (Lipinski definition) is 8. The normalized spacial score (nSPS) is 22.8. The lowest BCUT2D eigenvalue weighted by molar-refractivity contribution is -0.149. The van der Waals surface area contributed by atoms with Crippen molar-refractivity contribution in [3.05, 3.63) is 54.6 Å². The van der Waals surface area contributed by atoms with E-state index >= 15 is 0 Å². The van der Waals surface area contributed by atoms with E-state index < -0.39 is 35.6 Å². The number of carbonyl (C=O) groups excluding carboxylic acids is 3. The van der Waals surface area contributed by atoms with Crippen molar-refractivity contribution in [2.75, 3.05) is 26.8 Å². The molecule has 0 spiro atoms. The number of aromatic nitrogens is 1. The summed E-state index contributed by atoms with van der Waals surface area (Å²) in [5.74, 6) is 0.680. The zero-order chi connectivity index (χ0) is 33.0. The number of esters is 1. The van der Waals surface area contributed by atoms with Crippen LogP contribution in [0.1, 0.15) is 40.0 Å². The molecule has 11 nitrogen and oxygen atoms in total. The Balaban J connectivity index is 1.45. The number of amides is 3. The lowest BCUT2D eigenvalue weighted by atomic mass is 10.0. The number of nitrogens with two attached hydrogens (primary N) is 1. The second-order valence-corrected chi connectivity index (χ2v) is 13.8. The molecule has 1 saturated heterocycles. The first-order valence-electron chi connectivity index (χ1n) is 15.7. The number of benzene rings is 2. The summed E-state index contributed by atoms with van der Waals surface area (Å²) in [4.78, 5) is 46.8. The zero-order valence-corrected chi connectivity index (χ0v) is 28.8. The van der Waals surface area contributed by atoms with Gasteiger partial charge in [0.05, 0.1) is 31.5 Å². The molecule has 3 aromatic rings. The fourth-order valence-corrected chi connectivity index (χ4v) is 7.02. The highest BCUT2D eigenvalue weighted by Crippen LogP contribution is 2.44. The number of alkyl halides is 1. The van der Waals surface area contributed by atoms with Crippen molar-refractivity contribution >= 4 is 51.4 Å². The average Bonchev–Trinajstić information content (AvgIpc) is 3.50. The Morgan fingerprint density at radius 3 is 2.52 bits per heavy atom. The van der Waals surface area contributed by atoms with E-state index in [1.54, 1.807) is 14.0 Å². The minimum Gasteiger partial charge on any atom is -0.497 e. The Morgan fingerprint density at radius 2 is 1.89 bits per heavy atom. The van der Waals surface area contributed by atoms with E-state index in [0.29, 0.717) is 35.8 Å². The molecule has 46 heavy (non-hydrogen) atoms. The number of fused-ring (bicyclic) bond motifs is 1. The summed E-state index contributed by atoms with van der Waals surface area (Å²) >= 11 is 2.15. The van der Waals surface area contributed by atoms with Crippen molar-refractivity contribution < 1.29 is 28.6 Å². The third kappa shape index (κ3) is 7.33. The largest absolute Gasteiger partial charge is 0.497 e. The van der Waals surface area contributed by atoms with Crippen LogP contribution in [0.3, 0.4) is 0 Å². The van der Waals surface area contributed by atoms with Gasteiger partial charge in [0.25, 0.3) is 0 Å². The molecule has 1 aliphatic heterocycles. The van der Waals surface area contributed by atoms with E-state index in [2.05, 4.69) is 47.1 Å². The molecule has 1 aliphatic carbocycles. The van der Waals surface area contributed by atoms with E-state index in [-0.39, 0.29) is 36.1 Å². The summed E-state index contributed by atoms with van der Waals surface area (Å²) in [5, 5.41) is 6.74. The predicted octanol–water partition coefficient (Wildman–Crippen LogP) is 4.44. The van der Waals surface area contributed by atoms with Crippen LogP contribution in [0.15, 0.2) is 54.6 Å². The first kappa shape index (κ1) is 33.7. The summed E-state index contributed by atoms with van der Waals surface area (Å²) in [6, 6.07) is 15.7. The summed E-state index contributed by atoms with van der Waals surface area (Å²) in [5.41, 5.74) is 7.22. The fraction of sp³-hybridized carbons (Fsp3) is 0.471. The second kappa shape index (κ2) is 14.4. The van der Waals surface area contributed by atoms with Gasteiger partial charge in [-0.2, -0.15) is 0 Å². The number of hydrogen-bond donors (Lipinski definition) is 3. The number of likely N-dealkylation sites (tertiary alicyclic amines) is 1. The molecule has 3 amide bonds. The number of urea groups is 1. The van der Waals surface area contributed by atoms with E-state index in [1.807, 2.05) is 54.6 Å². The number of rotatable bonds is 12. The van der Waals surface area contributed by atoms with Gasteiger partial charge in [-0.05, 0) is 37.8 Å². The number of halogens is 1. The minimum atomic E-state index is -1.10. The molecule has 2 fully saturated rings. The van der Waals surface area contributed by atoms with Gasteiger partial charge in [-0.3, -0.25) is 4.79 Å². The van der Waals surface area contributed by atoms with Gasteiger partial charge in [-0.15, -0.1) is 0 Å². The van der Waals surface area contributed by atoms with Crippen molar-refractivity contribution in [2.45, 2.75) is 67.7 Å². The Hall–Kier alpha value is -3.65. The van der Waals surface area contributed by atoms with E-state index in [1.165, 1.54) is 4.90 Å². The van der Waals surface area contributed by atoms with Crippen LogP contribution < -0.4 is 25.8 Å². The number of pyridine rings is 1. The average molecular weight is 744 g/mol. The number of ether oxygens (including phenoxy) is 3. The SMILES string of the molecule is CCOC(=O)[C@@]1(NC(=O)[C@@H]2C[C@@H](Oc3cc(-c4ccccc4)nc4cc(OC)ccc34)CN2C(=O)N[C@H](CN)CC(C)C)C[C@H]1I. The lowest BCUT2D eigenvalue weighted by Crippen LogP contribution is -2.56. The fourth-order valence-electron chi connectivity index (χ4n) is 5.91. The maximum absolute atomic E-state index is 13.9. The molecule has 12 heteroatoms. The molecule has 0 unspecified atom stereocenters. The maximum atomic E-state index is 13.9. The highest BCUT2D eigenvalue weighted by Gasteiger charge is 2.62. The Kier molecular flexibility index (Phi) is 10.6. The molecule has 246 valence electrons. The van der Waals surface area contributed by atoms with Crippen LogP contribution >= 0.6 is 22.6 Å². The van der Waals surface area contributed by atoms with Crippen LogP contribution in [0.25, 0.3) is 22.2 Å². The van der Waals surface area contributed by atoms with Crippen LogP contribution in [-0.2, 0) is 14.3 Å². The third-order valence-corrected chi connectivity index (χ3v) is 9.90. The van der Waals surface area contributed by atoms with E-state index in [0.717, 1.165) is 16.6 Å². The van der Waals surface area contributed by atoms with Gasteiger partial charge < -0.3 is 35.5 Å². The topological polar surface area (TPSA) is 145 Å². The van der Waals surface area contributed by atoms with Gasteiger partial charge in [-0.1, -0.05) is 66.8 Å². The third-order valence-electron chi connectivity index (χ3n) is 8.40. The number of methoxy groups -OCH3 is 1. The quantitative estimate of drug-likeness (QED) is 0.140. The van der Waals surface area contributed by atoms with Crippen LogP contribution in [0.5, 0.6) is 11.5 Å². The van der Waals surface area contributed by atoms with Crippen LogP contribution in [0.4, 0.5) is 4.79 Å². The molecular weight excluding hydrogens is 701 g/mol.